The van der Waals surface area contributed by atoms with Gasteiger partial charge in [-0.1, -0.05) is 28.1 Å². The first kappa shape index (κ1) is 12.7. The van der Waals surface area contributed by atoms with E-state index in [0.717, 1.165) is 26.2 Å². The van der Waals surface area contributed by atoms with Gasteiger partial charge in [-0.2, -0.15) is 0 Å². The third-order valence-corrected chi connectivity index (χ3v) is 4.75. The first-order valence-electron chi connectivity index (χ1n) is 5.41. The molecule has 0 saturated heterocycles. The molecule has 2 nitrogen and oxygen atoms in total. The number of aliphatic hydroxyl groups is 1. The van der Waals surface area contributed by atoms with Crippen molar-refractivity contribution in [1.29, 1.82) is 0 Å². The molecule has 0 amide bonds. The van der Waals surface area contributed by atoms with E-state index in [0.29, 0.717) is 6.42 Å². The fourth-order valence-corrected chi connectivity index (χ4v) is 2.69. The summed E-state index contributed by atoms with van der Waals surface area (Å²) in [5.74, 6) is 0. The molecule has 2 rings (SSSR count). The molecule has 1 unspecified atom stereocenters. The van der Waals surface area contributed by atoms with Gasteiger partial charge in [0.25, 0.3) is 0 Å². The molecule has 0 saturated carbocycles. The van der Waals surface area contributed by atoms with E-state index < -0.39 is 6.10 Å². The van der Waals surface area contributed by atoms with Gasteiger partial charge in [-0.3, -0.25) is 0 Å². The second kappa shape index (κ2) is 5.29. The number of aliphatic hydroxyl groups excluding tert-OH is 1. The molecule has 0 aliphatic heterocycles. The predicted octanol–water partition coefficient (Wildman–Crippen LogP) is 3.80. The molecule has 1 aromatic heterocycles. The number of aromatic nitrogens is 1. The second-order valence-corrected chi connectivity index (χ2v) is 5.89. The van der Waals surface area contributed by atoms with E-state index in [1.165, 1.54) is 0 Å². The molecule has 17 heavy (non-hydrogen) atoms. The molecular weight excluding hydrogens is 298 g/mol. The van der Waals surface area contributed by atoms with E-state index in [4.69, 9.17) is 0 Å². The van der Waals surface area contributed by atoms with Crippen molar-refractivity contribution in [2.75, 3.05) is 0 Å². The van der Waals surface area contributed by atoms with Crippen molar-refractivity contribution in [3.8, 4) is 0 Å². The number of hydrogen-bond acceptors (Lipinski definition) is 3. The number of benzene rings is 1. The lowest BCUT2D eigenvalue weighted by atomic mass is 10.0. The summed E-state index contributed by atoms with van der Waals surface area (Å²) in [6, 6.07) is 4.05. The SMILES string of the molecule is Cc1cc(C(O)Cc2nccs2)cc(C)c1Br. The van der Waals surface area contributed by atoms with Gasteiger partial charge in [0.2, 0.25) is 0 Å². The molecule has 1 aromatic carbocycles. The maximum atomic E-state index is 10.2. The van der Waals surface area contributed by atoms with Gasteiger partial charge in [0.1, 0.15) is 0 Å². The highest BCUT2D eigenvalue weighted by molar-refractivity contribution is 9.10. The first-order valence-corrected chi connectivity index (χ1v) is 7.08. The lowest BCUT2D eigenvalue weighted by Crippen LogP contribution is -2.02. The summed E-state index contributed by atoms with van der Waals surface area (Å²) in [7, 11) is 0. The average molecular weight is 312 g/mol. The van der Waals surface area contributed by atoms with Crippen LogP contribution in [0.1, 0.15) is 27.8 Å². The zero-order valence-corrected chi connectivity index (χ0v) is 12.2. The van der Waals surface area contributed by atoms with Crippen molar-refractivity contribution in [3.05, 3.63) is 49.9 Å². The topological polar surface area (TPSA) is 33.1 Å². The minimum absolute atomic E-state index is 0.480. The van der Waals surface area contributed by atoms with Crippen LogP contribution in [-0.2, 0) is 6.42 Å². The van der Waals surface area contributed by atoms with E-state index in [1.54, 1.807) is 17.5 Å². The Morgan fingerprint density at radius 3 is 2.53 bits per heavy atom. The van der Waals surface area contributed by atoms with Crippen LogP contribution >= 0.6 is 27.3 Å². The normalized spacial score (nSPS) is 12.7. The Kier molecular flexibility index (Phi) is 3.97. The van der Waals surface area contributed by atoms with Gasteiger partial charge in [-0.05, 0) is 30.5 Å². The fourth-order valence-electron chi connectivity index (χ4n) is 1.81. The molecule has 0 radical (unpaired) electrons. The van der Waals surface area contributed by atoms with Crippen LogP contribution in [0.2, 0.25) is 0 Å². The number of hydrogen-bond donors (Lipinski definition) is 1. The smallest absolute Gasteiger partial charge is 0.0954 e. The summed E-state index contributed by atoms with van der Waals surface area (Å²) < 4.78 is 1.11. The van der Waals surface area contributed by atoms with Crippen LogP contribution in [0.15, 0.2) is 28.2 Å². The van der Waals surface area contributed by atoms with Crippen molar-refractivity contribution >= 4 is 27.3 Å². The summed E-state index contributed by atoms with van der Waals surface area (Å²) in [4.78, 5) is 4.19. The molecule has 90 valence electrons. The van der Waals surface area contributed by atoms with Crippen LogP contribution < -0.4 is 0 Å². The van der Waals surface area contributed by atoms with Gasteiger partial charge in [0.05, 0.1) is 11.1 Å². The number of nitrogens with zero attached hydrogens (tertiary/aromatic N) is 1. The monoisotopic (exact) mass is 311 g/mol. The van der Waals surface area contributed by atoms with Crippen molar-refractivity contribution < 1.29 is 5.11 Å². The Balaban J connectivity index is 2.22. The summed E-state index contributed by atoms with van der Waals surface area (Å²) in [5, 5.41) is 13.1. The molecule has 1 atom stereocenters. The largest absolute Gasteiger partial charge is 0.388 e. The third kappa shape index (κ3) is 2.94. The summed E-state index contributed by atoms with van der Waals surface area (Å²) in [6.45, 7) is 4.08. The minimum atomic E-state index is -0.480. The highest BCUT2D eigenvalue weighted by Crippen LogP contribution is 2.27. The van der Waals surface area contributed by atoms with Crippen molar-refractivity contribution in [3.63, 3.8) is 0 Å². The minimum Gasteiger partial charge on any atom is -0.388 e. The zero-order chi connectivity index (χ0) is 12.4. The molecule has 4 heteroatoms. The van der Waals surface area contributed by atoms with Crippen LogP contribution in [0.3, 0.4) is 0 Å². The molecule has 0 aliphatic carbocycles. The maximum Gasteiger partial charge on any atom is 0.0954 e. The van der Waals surface area contributed by atoms with Crippen LogP contribution in [0.25, 0.3) is 0 Å². The van der Waals surface area contributed by atoms with Crippen LogP contribution in [-0.4, -0.2) is 10.1 Å². The Hall–Kier alpha value is -0.710. The van der Waals surface area contributed by atoms with Gasteiger partial charge in [-0.25, -0.2) is 4.98 Å². The summed E-state index contributed by atoms with van der Waals surface area (Å²) in [5.41, 5.74) is 3.26. The Morgan fingerprint density at radius 2 is 2.00 bits per heavy atom. The van der Waals surface area contributed by atoms with E-state index >= 15 is 0 Å². The van der Waals surface area contributed by atoms with E-state index in [9.17, 15) is 5.11 Å². The number of aryl methyl sites for hydroxylation is 2. The lowest BCUT2D eigenvalue weighted by molar-refractivity contribution is 0.178. The number of rotatable bonds is 3. The predicted molar refractivity (Wildman–Crippen MR) is 74.4 cm³/mol. The van der Waals surface area contributed by atoms with Gasteiger partial charge in [0, 0.05) is 22.5 Å². The summed E-state index contributed by atoms with van der Waals surface area (Å²) >= 11 is 5.11. The zero-order valence-electron chi connectivity index (χ0n) is 9.77. The van der Waals surface area contributed by atoms with Crippen molar-refractivity contribution in [2.45, 2.75) is 26.4 Å². The molecule has 0 aliphatic rings. The fraction of sp³-hybridized carbons (Fsp3) is 0.308. The van der Waals surface area contributed by atoms with Crippen LogP contribution in [0, 0.1) is 13.8 Å². The van der Waals surface area contributed by atoms with Gasteiger partial charge in [-0.15, -0.1) is 11.3 Å². The van der Waals surface area contributed by atoms with Gasteiger partial charge >= 0.3 is 0 Å². The van der Waals surface area contributed by atoms with Crippen molar-refractivity contribution in [1.82, 2.24) is 4.98 Å². The van der Waals surface area contributed by atoms with E-state index in [-0.39, 0.29) is 0 Å². The molecule has 0 fully saturated rings. The number of thiazole rings is 1. The Morgan fingerprint density at radius 1 is 1.35 bits per heavy atom. The number of halogens is 1. The van der Waals surface area contributed by atoms with Crippen LogP contribution in [0.4, 0.5) is 0 Å². The van der Waals surface area contributed by atoms with Crippen LogP contribution in [0.5, 0.6) is 0 Å². The molecule has 2 aromatic rings. The first-order chi connectivity index (χ1) is 8.08. The molecule has 1 N–H and O–H groups in total. The Bertz CT molecular complexity index is 487. The maximum absolute atomic E-state index is 10.2. The van der Waals surface area contributed by atoms with Gasteiger partial charge in [0.15, 0.2) is 0 Å². The standard InChI is InChI=1S/C13H14BrNOS/c1-8-5-10(6-9(2)13(8)14)11(16)7-12-15-3-4-17-12/h3-6,11,16H,7H2,1-2H3. The highest BCUT2D eigenvalue weighted by atomic mass is 79.9. The third-order valence-electron chi connectivity index (χ3n) is 2.69. The average Bonchev–Trinajstić information content (AvgIpc) is 2.77. The lowest BCUT2D eigenvalue weighted by Gasteiger charge is -2.13. The second-order valence-electron chi connectivity index (χ2n) is 4.11. The van der Waals surface area contributed by atoms with E-state index in [2.05, 4.69) is 20.9 Å². The molecule has 1 heterocycles. The highest BCUT2D eigenvalue weighted by Gasteiger charge is 2.12. The summed E-state index contributed by atoms with van der Waals surface area (Å²) in [6.07, 6.45) is 1.87. The van der Waals surface area contributed by atoms with Crippen molar-refractivity contribution in [2.24, 2.45) is 0 Å². The van der Waals surface area contributed by atoms with E-state index in [1.807, 2.05) is 31.4 Å². The Labute approximate surface area is 113 Å². The van der Waals surface area contributed by atoms with Gasteiger partial charge < -0.3 is 5.11 Å². The quantitative estimate of drug-likeness (QED) is 0.935. The molecular formula is C13H14BrNOS. The molecule has 0 spiro atoms. The molecule has 0 bridgehead atoms.